The maximum atomic E-state index is 15.1. The second kappa shape index (κ2) is 17.7. The summed E-state index contributed by atoms with van der Waals surface area (Å²) in [4.78, 5) is 8.56. The van der Waals surface area contributed by atoms with Crippen LogP contribution in [0.1, 0.15) is 54.9 Å². The van der Waals surface area contributed by atoms with E-state index in [0.29, 0.717) is 5.56 Å². The molecule has 0 unspecified atom stereocenters. The number of hydrogen-bond acceptors (Lipinski definition) is 7. The second-order valence-corrected chi connectivity index (χ2v) is 12.8. The first kappa shape index (κ1) is 36.4. The van der Waals surface area contributed by atoms with Gasteiger partial charge in [0, 0.05) is 0 Å². The van der Waals surface area contributed by atoms with Crippen LogP contribution in [0.25, 0.3) is 22.3 Å². The fourth-order valence-corrected chi connectivity index (χ4v) is 7.72. The molecule has 244 valence electrons. The van der Waals surface area contributed by atoms with Crippen LogP contribution in [-0.4, -0.2) is 5.97 Å². The normalized spacial score (nSPS) is 11.2. The minimum Gasteiger partial charge on any atom is -0.417 e. The van der Waals surface area contributed by atoms with Gasteiger partial charge in [0.15, 0.2) is 11.6 Å². The molecule has 0 spiro atoms. The van der Waals surface area contributed by atoms with E-state index in [2.05, 4.69) is 19.1 Å². The Bertz CT molecular complexity index is 1600. The highest BCUT2D eigenvalue weighted by molar-refractivity contribution is 8.00. The van der Waals surface area contributed by atoms with E-state index in [1.807, 2.05) is 12.1 Å². The molecule has 0 saturated carbocycles. The van der Waals surface area contributed by atoms with E-state index in [-0.39, 0.29) is 5.56 Å². The molecule has 14 heteroatoms. The first-order valence-electron chi connectivity index (χ1n) is 13.9. The van der Waals surface area contributed by atoms with E-state index in [4.69, 9.17) is 4.74 Å². The van der Waals surface area contributed by atoms with Gasteiger partial charge in [0.05, 0.1) is 90.8 Å². The van der Waals surface area contributed by atoms with Crippen LogP contribution in [0.2, 0.25) is 0 Å². The number of aryl methyl sites for hydroxylation is 1. The predicted octanol–water partition coefficient (Wildman–Crippen LogP) is 13.9. The zero-order valence-corrected chi connectivity index (χ0v) is 28.1. The summed E-state index contributed by atoms with van der Waals surface area (Å²) in [5.74, 6) is -5.55. The number of ether oxygens (including phenoxy) is 1. The molecule has 0 aliphatic rings. The number of esters is 1. The third-order valence-corrected chi connectivity index (χ3v) is 10.5. The van der Waals surface area contributed by atoms with E-state index < -0.39 is 114 Å². The Morgan fingerprint density at radius 1 is 0.587 bits per heavy atom. The molecule has 0 N–H and O–H groups in total. The minimum atomic E-state index is -1.71. The van der Waals surface area contributed by atoms with Crippen molar-refractivity contribution in [3.8, 4) is 28.0 Å². The Balaban J connectivity index is 1.55. The zero-order valence-electron chi connectivity index (χ0n) is 24.0. The van der Waals surface area contributed by atoms with E-state index in [1.54, 1.807) is 24.3 Å². The Hall–Kier alpha value is -2.39. The number of carbonyl (C=O) groups excluding carboxylic acids is 1. The molecule has 0 radical (unpaired) electrons. The Kier molecular flexibility index (Phi) is 14.0. The van der Waals surface area contributed by atoms with Crippen LogP contribution in [0.5, 0.6) is 5.75 Å². The first-order chi connectivity index (χ1) is 22.3. The van der Waals surface area contributed by atoms with Gasteiger partial charge in [0.1, 0.15) is 0 Å². The van der Waals surface area contributed by atoms with Crippen molar-refractivity contribution in [2.24, 2.45) is 0 Å². The molecule has 2 nitrogen and oxygen atoms in total. The summed E-state index contributed by atoms with van der Waals surface area (Å²) < 4.78 is 104. The quantitative estimate of drug-likeness (QED) is 0.0519. The predicted molar refractivity (Wildman–Crippen MR) is 176 cm³/mol. The van der Waals surface area contributed by atoms with Gasteiger partial charge in [-0.15, -0.1) is 0 Å². The van der Waals surface area contributed by atoms with Gasteiger partial charge in [-0.2, -0.15) is 19.4 Å². The largest absolute Gasteiger partial charge is 0.417 e. The molecule has 4 aromatic rings. The van der Waals surface area contributed by atoms with E-state index in [9.17, 15) is 24.2 Å². The first-order valence-corrected chi connectivity index (χ1v) is 17.5. The van der Waals surface area contributed by atoms with Crippen LogP contribution in [0.15, 0.2) is 85.1 Å². The van der Waals surface area contributed by atoms with Crippen molar-refractivity contribution in [1.82, 2.24) is 0 Å². The van der Waals surface area contributed by atoms with Crippen molar-refractivity contribution >= 4 is 66.7 Å². The summed E-state index contributed by atoms with van der Waals surface area (Å²) in [6, 6.07) is 16.9. The van der Waals surface area contributed by atoms with Crippen molar-refractivity contribution < 1.29 is 37.7 Å². The number of halogens is 7. The van der Waals surface area contributed by atoms with Gasteiger partial charge in [-0.3, -0.25) is 0 Å². The number of rotatable bonds is 15. The lowest BCUT2D eigenvalue weighted by molar-refractivity contribution is 0.0711. The Morgan fingerprint density at radius 2 is 1.00 bits per heavy atom. The van der Waals surface area contributed by atoms with Crippen LogP contribution in [-0.2, 0) is 6.42 Å². The lowest BCUT2D eigenvalue weighted by Gasteiger charge is -2.17. The molecule has 0 atom stereocenters. The van der Waals surface area contributed by atoms with Gasteiger partial charge >= 0.3 is 5.97 Å². The molecule has 46 heavy (non-hydrogen) atoms. The fraction of sp³-hybridized carbons (Fsp3) is 0.219. The molecule has 4 rings (SSSR count). The van der Waals surface area contributed by atoms with Crippen LogP contribution >= 0.6 is 60.7 Å². The SMILES string of the molecule is CCCCCCCc1ccc(-c2ccc(-c3cc(F)c(OC(=O)c4c(SF)c(SF)c(SF)c(SF)c4SF)c(F)c3)cc2)cc1. The molecule has 0 saturated heterocycles. The maximum Gasteiger partial charge on any atom is 0.346 e. The summed E-state index contributed by atoms with van der Waals surface area (Å²) in [5.41, 5.74) is 2.61. The lowest BCUT2D eigenvalue weighted by atomic mass is 9.98. The van der Waals surface area contributed by atoms with E-state index in [0.717, 1.165) is 36.1 Å². The summed E-state index contributed by atoms with van der Waals surface area (Å²) in [6.45, 7) is 2.19. The number of benzene rings is 4. The monoisotopic (exact) mass is 734 g/mol. The van der Waals surface area contributed by atoms with Gasteiger partial charge in [-0.25, -0.2) is 13.6 Å². The summed E-state index contributed by atoms with van der Waals surface area (Å²) in [6.07, 6.45) is 7.05. The fourth-order valence-electron chi connectivity index (χ4n) is 4.80. The highest BCUT2D eigenvalue weighted by Crippen LogP contribution is 2.52. The van der Waals surface area contributed by atoms with Crippen molar-refractivity contribution in [3.05, 3.63) is 83.4 Å². The van der Waals surface area contributed by atoms with E-state index >= 15 is 8.78 Å². The summed E-state index contributed by atoms with van der Waals surface area (Å²) in [5, 5.41) is 0. The number of carbonyl (C=O) groups is 1. The minimum absolute atomic E-state index is 0.108. The standard InChI is InChI=1S/C32H25F7O2S5/c1-2-3-4-5-6-7-18-8-10-19(11-9-18)20-12-14-21(15-13-20)22-16-23(33)26(24(34)17-22)41-32(40)25-27(42-35)29(44-37)31(46-39)30(45-38)28(25)43-36/h8-17H,2-7H2,1H3. The topological polar surface area (TPSA) is 26.3 Å². The second-order valence-electron chi connectivity index (χ2n) is 10.0. The molecule has 0 fully saturated rings. The molecular weight excluding hydrogens is 710 g/mol. The summed E-state index contributed by atoms with van der Waals surface area (Å²) >= 11 is -3.66. The average molecular weight is 735 g/mol. The Morgan fingerprint density at radius 3 is 1.46 bits per heavy atom. The zero-order chi connectivity index (χ0) is 33.2. The van der Waals surface area contributed by atoms with Crippen molar-refractivity contribution in [2.45, 2.75) is 69.9 Å². The van der Waals surface area contributed by atoms with Gasteiger partial charge in [0.2, 0.25) is 5.75 Å². The van der Waals surface area contributed by atoms with E-state index in [1.165, 1.54) is 31.2 Å². The van der Waals surface area contributed by atoms with Gasteiger partial charge < -0.3 is 4.74 Å². The van der Waals surface area contributed by atoms with Crippen LogP contribution in [0, 0.1) is 11.6 Å². The molecule has 0 bridgehead atoms. The third kappa shape index (κ3) is 8.36. The molecule has 0 heterocycles. The molecule has 0 aliphatic carbocycles. The highest BCUT2D eigenvalue weighted by Gasteiger charge is 2.33. The lowest BCUT2D eigenvalue weighted by Crippen LogP contribution is -2.14. The molecule has 0 amide bonds. The van der Waals surface area contributed by atoms with Gasteiger partial charge in [0.25, 0.3) is 0 Å². The molecule has 4 aromatic carbocycles. The highest BCUT2D eigenvalue weighted by atomic mass is 32.2. The van der Waals surface area contributed by atoms with Gasteiger partial charge in [-0.05, 0) is 52.8 Å². The summed E-state index contributed by atoms with van der Waals surface area (Å²) in [7, 11) is 0. The van der Waals surface area contributed by atoms with Crippen LogP contribution in [0.4, 0.5) is 28.2 Å². The van der Waals surface area contributed by atoms with Crippen LogP contribution < -0.4 is 4.74 Å². The maximum absolute atomic E-state index is 15.1. The molecular formula is C32H25F7O2S5. The third-order valence-electron chi connectivity index (χ3n) is 7.14. The molecule has 0 aromatic heterocycles. The van der Waals surface area contributed by atoms with Crippen LogP contribution in [0.3, 0.4) is 0 Å². The van der Waals surface area contributed by atoms with Gasteiger partial charge in [-0.1, -0.05) is 81.1 Å². The van der Waals surface area contributed by atoms with Crippen molar-refractivity contribution in [1.29, 1.82) is 0 Å². The number of hydrogen-bond donors (Lipinski definition) is 0. The van der Waals surface area contributed by atoms with Crippen molar-refractivity contribution in [2.75, 3.05) is 0 Å². The smallest absolute Gasteiger partial charge is 0.346 e. The number of unbranched alkanes of at least 4 members (excludes halogenated alkanes) is 4. The Labute approximate surface area is 284 Å². The average Bonchev–Trinajstić information content (AvgIpc) is 3.08. The van der Waals surface area contributed by atoms with Crippen molar-refractivity contribution in [3.63, 3.8) is 0 Å². The molecule has 0 aliphatic heterocycles.